The number of ketones is 1. The third-order valence-electron chi connectivity index (χ3n) is 9.36. The number of aromatic nitrogens is 2. The van der Waals surface area contributed by atoms with Crippen LogP contribution in [0, 0.1) is 17.2 Å². The first-order valence-corrected chi connectivity index (χ1v) is 17.7. The van der Waals surface area contributed by atoms with Crippen LogP contribution in [0.2, 0.25) is 10.0 Å². The average Bonchev–Trinajstić information content (AvgIpc) is 3.75. The van der Waals surface area contributed by atoms with Crippen LogP contribution in [0.25, 0.3) is 33.6 Å². The number of nitrogens with one attached hydrogen (secondary N) is 2. The maximum absolute atomic E-state index is 11.6. The van der Waals surface area contributed by atoms with Gasteiger partial charge in [-0.05, 0) is 56.7 Å². The number of nitrogens with zero attached hydrogens (tertiary/aromatic N) is 3. The summed E-state index contributed by atoms with van der Waals surface area (Å²) in [4.78, 5) is 32.8. The second kappa shape index (κ2) is 16.5. The summed E-state index contributed by atoms with van der Waals surface area (Å²) in [5.74, 6) is 1.73. The summed E-state index contributed by atoms with van der Waals surface area (Å²) in [5, 5.41) is 16.6. The lowest BCUT2D eigenvalue weighted by molar-refractivity contribution is -0.119. The van der Waals surface area contributed by atoms with E-state index < -0.39 is 0 Å². The van der Waals surface area contributed by atoms with Gasteiger partial charge in [0, 0.05) is 65.2 Å². The lowest BCUT2D eigenvalue weighted by atomic mass is 9.97. The summed E-state index contributed by atoms with van der Waals surface area (Å²) in [6, 6.07) is 21.5. The smallest absolute Gasteiger partial charge is 0.220 e. The molecule has 2 atom stereocenters. The number of ether oxygens (including phenoxy) is 2. The summed E-state index contributed by atoms with van der Waals surface area (Å²) in [6.07, 6.45) is 6.12. The second-order valence-electron chi connectivity index (χ2n) is 12.8. The van der Waals surface area contributed by atoms with Crippen molar-refractivity contribution < 1.29 is 19.1 Å². The van der Waals surface area contributed by atoms with Crippen molar-refractivity contribution in [3.63, 3.8) is 0 Å². The molecule has 1 amide bonds. The fourth-order valence-corrected chi connectivity index (χ4v) is 7.40. The van der Waals surface area contributed by atoms with Crippen LogP contribution in [0.3, 0.4) is 0 Å². The minimum absolute atomic E-state index is 0.108. The number of hydrogen-bond donors (Lipinski definition) is 2. The summed E-state index contributed by atoms with van der Waals surface area (Å²) in [7, 11) is 1.60. The number of benzene rings is 2. The standard InChI is InChI=1S/C39H39Cl2N5O4/c1-49-38-26(23-43-22-24-11-15-28(47)21-24)13-17-33(45-38)31-9-3-7-29(36(31)40)30-8-4-10-32(37(30)41)34-16-12-25(39(46-34)50-20-19-42)5-2-6-27-14-18-35(48)44-27/h3-4,7-10,12-13,16-17,24,27,43H,2,5-6,11,14-15,18,20-23H2,1H3,(H,44,48)/t24-,27-/m1/s1. The van der Waals surface area contributed by atoms with Crippen molar-refractivity contribution in [1.82, 2.24) is 20.6 Å². The molecule has 1 saturated heterocycles. The largest absolute Gasteiger partial charge is 0.481 e. The Morgan fingerprint density at radius 2 is 1.54 bits per heavy atom. The number of aryl methyl sites for hydroxylation is 1. The third kappa shape index (κ3) is 8.27. The summed E-state index contributed by atoms with van der Waals surface area (Å²) in [5.41, 5.74) is 6.00. The van der Waals surface area contributed by atoms with Crippen molar-refractivity contribution in [1.29, 1.82) is 5.26 Å². The lowest BCUT2D eigenvalue weighted by Crippen LogP contribution is -2.25. The van der Waals surface area contributed by atoms with E-state index in [9.17, 15) is 14.9 Å². The van der Waals surface area contributed by atoms with E-state index in [1.807, 2.05) is 66.7 Å². The fraction of sp³-hybridized carbons (Fsp3) is 0.359. The minimum atomic E-state index is -0.128. The highest BCUT2D eigenvalue weighted by Crippen LogP contribution is 2.42. The molecule has 11 heteroatoms. The molecule has 6 rings (SSSR count). The van der Waals surface area contributed by atoms with E-state index in [2.05, 4.69) is 10.6 Å². The molecule has 2 fully saturated rings. The van der Waals surface area contributed by atoms with Gasteiger partial charge in [-0.3, -0.25) is 9.59 Å². The number of nitriles is 1. The predicted molar refractivity (Wildman–Crippen MR) is 194 cm³/mol. The van der Waals surface area contributed by atoms with Crippen LogP contribution in [0.1, 0.15) is 56.1 Å². The molecule has 50 heavy (non-hydrogen) atoms. The van der Waals surface area contributed by atoms with E-state index in [1.165, 1.54) is 0 Å². The van der Waals surface area contributed by atoms with Crippen molar-refractivity contribution in [3.8, 4) is 51.5 Å². The molecule has 2 aliphatic rings. The molecule has 1 aliphatic heterocycles. The van der Waals surface area contributed by atoms with E-state index in [0.29, 0.717) is 82.7 Å². The molecule has 0 bridgehead atoms. The molecule has 0 spiro atoms. The van der Waals surface area contributed by atoms with Crippen molar-refractivity contribution in [2.75, 3.05) is 20.3 Å². The third-order valence-corrected chi connectivity index (χ3v) is 10.2. The van der Waals surface area contributed by atoms with Crippen LogP contribution in [0.15, 0.2) is 60.7 Å². The van der Waals surface area contributed by atoms with E-state index in [0.717, 1.165) is 60.0 Å². The Balaban J connectivity index is 1.22. The zero-order chi connectivity index (χ0) is 35.0. The van der Waals surface area contributed by atoms with Crippen molar-refractivity contribution in [2.45, 2.75) is 64.0 Å². The number of carbonyl (C=O) groups excluding carboxylic acids is 2. The van der Waals surface area contributed by atoms with Gasteiger partial charge in [-0.25, -0.2) is 9.97 Å². The highest BCUT2D eigenvalue weighted by Gasteiger charge is 2.23. The molecule has 2 aromatic carbocycles. The number of rotatable bonds is 14. The molecule has 0 unspecified atom stereocenters. The molecule has 3 heterocycles. The summed E-state index contributed by atoms with van der Waals surface area (Å²) < 4.78 is 11.4. The van der Waals surface area contributed by atoms with E-state index in [4.69, 9.17) is 42.6 Å². The topological polar surface area (TPSA) is 126 Å². The molecular formula is C39H39Cl2N5O4. The average molecular weight is 713 g/mol. The van der Waals surface area contributed by atoms with Gasteiger partial charge in [0.15, 0.2) is 6.61 Å². The second-order valence-corrected chi connectivity index (χ2v) is 13.5. The van der Waals surface area contributed by atoms with Crippen LogP contribution < -0.4 is 20.1 Å². The number of halogens is 2. The summed E-state index contributed by atoms with van der Waals surface area (Å²) >= 11 is 14.2. The van der Waals surface area contributed by atoms with Crippen LogP contribution in [0.5, 0.6) is 11.8 Å². The molecule has 2 N–H and O–H groups in total. The first-order valence-electron chi connectivity index (χ1n) is 17.0. The van der Waals surface area contributed by atoms with Crippen LogP contribution in [0.4, 0.5) is 0 Å². The van der Waals surface area contributed by atoms with Gasteiger partial charge in [-0.15, -0.1) is 0 Å². The SMILES string of the molecule is COc1nc(-c2cccc(-c3cccc(-c4ccc(CCC[C@@H]5CCC(=O)N5)c(OCC#N)n4)c3Cl)c2Cl)ccc1CNC[C@@H]1CCC(=O)C1. The van der Waals surface area contributed by atoms with Gasteiger partial charge < -0.3 is 20.1 Å². The number of methoxy groups -OCH3 is 1. The predicted octanol–water partition coefficient (Wildman–Crippen LogP) is 7.76. The fourth-order valence-electron chi connectivity index (χ4n) is 6.75. The van der Waals surface area contributed by atoms with Gasteiger partial charge in [0.25, 0.3) is 0 Å². The van der Waals surface area contributed by atoms with E-state index >= 15 is 0 Å². The Morgan fingerprint density at radius 3 is 2.14 bits per heavy atom. The highest BCUT2D eigenvalue weighted by atomic mass is 35.5. The van der Waals surface area contributed by atoms with Crippen LogP contribution in [-0.4, -0.2) is 48.0 Å². The van der Waals surface area contributed by atoms with Gasteiger partial charge in [0.05, 0.1) is 28.5 Å². The quantitative estimate of drug-likeness (QED) is 0.136. The Bertz CT molecular complexity index is 1930. The van der Waals surface area contributed by atoms with E-state index in [-0.39, 0.29) is 18.6 Å². The number of Topliss-reactive ketones (excluding diaryl/α,β-unsaturated/α-hetero) is 1. The van der Waals surface area contributed by atoms with Gasteiger partial charge in [-0.1, -0.05) is 71.7 Å². The molecule has 4 aromatic rings. The first kappa shape index (κ1) is 35.3. The van der Waals surface area contributed by atoms with Crippen LogP contribution in [-0.2, 0) is 22.6 Å². The molecule has 0 radical (unpaired) electrons. The molecular weight excluding hydrogens is 673 g/mol. The molecule has 1 aliphatic carbocycles. The Hall–Kier alpha value is -4.49. The maximum atomic E-state index is 11.6. The van der Waals surface area contributed by atoms with Gasteiger partial charge in [0.2, 0.25) is 17.7 Å². The molecule has 258 valence electrons. The molecule has 9 nitrogen and oxygen atoms in total. The molecule has 1 saturated carbocycles. The van der Waals surface area contributed by atoms with Crippen molar-refractivity contribution in [2.24, 2.45) is 5.92 Å². The zero-order valence-corrected chi connectivity index (χ0v) is 29.4. The number of carbonyl (C=O) groups is 2. The Morgan fingerprint density at radius 1 is 0.880 bits per heavy atom. The van der Waals surface area contributed by atoms with Gasteiger partial charge in [0.1, 0.15) is 11.9 Å². The highest BCUT2D eigenvalue weighted by molar-refractivity contribution is 6.39. The van der Waals surface area contributed by atoms with E-state index in [1.54, 1.807) is 7.11 Å². The minimum Gasteiger partial charge on any atom is -0.481 e. The van der Waals surface area contributed by atoms with Gasteiger partial charge >= 0.3 is 0 Å². The number of pyridine rings is 2. The first-order chi connectivity index (χ1) is 24.3. The van der Waals surface area contributed by atoms with Crippen molar-refractivity contribution >= 4 is 34.9 Å². The van der Waals surface area contributed by atoms with Crippen LogP contribution >= 0.6 is 23.2 Å². The number of hydrogen-bond acceptors (Lipinski definition) is 8. The normalized spacial score (nSPS) is 17.1. The summed E-state index contributed by atoms with van der Waals surface area (Å²) in [6.45, 7) is 1.23. The Labute approximate surface area is 302 Å². The number of amides is 1. The zero-order valence-electron chi connectivity index (χ0n) is 27.9. The van der Waals surface area contributed by atoms with Gasteiger partial charge in [-0.2, -0.15) is 5.26 Å². The monoisotopic (exact) mass is 711 g/mol. The molecule has 2 aromatic heterocycles. The maximum Gasteiger partial charge on any atom is 0.220 e. The van der Waals surface area contributed by atoms with Crippen molar-refractivity contribution in [3.05, 3.63) is 81.8 Å². The lowest BCUT2D eigenvalue weighted by Gasteiger charge is -2.16. The Kier molecular flexibility index (Phi) is 11.6.